The molecular weight excluding hydrogens is 357 g/mol. The van der Waals surface area contributed by atoms with Crippen molar-refractivity contribution in [1.29, 1.82) is 0 Å². The second-order valence-corrected chi connectivity index (χ2v) is 7.74. The van der Waals surface area contributed by atoms with Crippen molar-refractivity contribution in [2.24, 2.45) is 5.92 Å². The monoisotopic (exact) mass is 377 g/mol. The summed E-state index contributed by atoms with van der Waals surface area (Å²) in [6.07, 6.45) is 1.18. The van der Waals surface area contributed by atoms with Crippen LogP contribution in [0, 0.1) is 11.7 Å². The van der Waals surface area contributed by atoms with Gasteiger partial charge in [0.15, 0.2) is 0 Å². The van der Waals surface area contributed by atoms with Crippen LogP contribution in [0.15, 0.2) is 29.2 Å². The summed E-state index contributed by atoms with van der Waals surface area (Å²) >= 11 is 0. The Morgan fingerprint density at radius 3 is 2.25 bits per heavy atom. The second-order valence-electron chi connectivity index (χ2n) is 6.03. The molecule has 2 aliphatic heterocycles. The minimum absolute atomic E-state index is 0. The normalized spacial score (nSPS) is 19.5. The lowest BCUT2D eigenvalue weighted by molar-refractivity contribution is -0.138. The molecule has 2 saturated heterocycles. The van der Waals surface area contributed by atoms with Gasteiger partial charge in [-0.25, -0.2) is 17.5 Å². The van der Waals surface area contributed by atoms with Gasteiger partial charge in [0.1, 0.15) is 5.82 Å². The van der Waals surface area contributed by atoms with E-state index in [0.717, 1.165) is 25.2 Å². The largest absolute Gasteiger partial charge is 0.342 e. The molecule has 2 aliphatic rings. The Balaban J connectivity index is 0.00000208. The summed E-state index contributed by atoms with van der Waals surface area (Å²) in [7, 11) is -3.65. The summed E-state index contributed by atoms with van der Waals surface area (Å²) < 4.78 is 40.1. The Kier molecular flexibility index (Phi) is 6.19. The summed E-state index contributed by atoms with van der Waals surface area (Å²) in [6, 6.07) is 4.55. The van der Waals surface area contributed by atoms with Gasteiger partial charge in [-0.15, -0.1) is 12.4 Å². The molecule has 0 aliphatic carbocycles. The Labute approximate surface area is 147 Å². The maximum atomic E-state index is 12.9. The number of sulfonamides is 1. The van der Waals surface area contributed by atoms with Crippen LogP contribution in [0.4, 0.5) is 4.39 Å². The Morgan fingerprint density at radius 2 is 1.75 bits per heavy atom. The predicted octanol–water partition coefficient (Wildman–Crippen LogP) is 0.736. The molecule has 2 N–H and O–H groups in total. The van der Waals surface area contributed by atoms with E-state index in [4.69, 9.17) is 0 Å². The van der Waals surface area contributed by atoms with Gasteiger partial charge < -0.3 is 10.2 Å². The number of carbonyl (C=O) groups excluding carboxylic acids is 1. The molecule has 0 bridgehead atoms. The molecule has 2 fully saturated rings. The number of piperidine rings is 1. The lowest BCUT2D eigenvalue weighted by Gasteiger charge is -2.37. The van der Waals surface area contributed by atoms with E-state index < -0.39 is 15.8 Å². The number of hydrogen-bond donors (Lipinski definition) is 2. The highest BCUT2D eigenvalue weighted by Gasteiger charge is 2.32. The first kappa shape index (κ1) is 19.1. The molecule has 24 heavy (non-hydrogen) atoms. The highest BCUT2D eigenvalue weighted by molar-refractivity contribution is 7.89. The molecule has 0 atom stereocenters. The fourth-order valence-corrected chi connectivity index (χ4v) is 4.15. The van der Waals surface area contributed by atoms with Crippen molar-refractivity contribution in [3.8, 4) is 0 Å². The zero-order valence-electron chi connectivity index (χ0n) is 13.1. The maximum Gasteiger partial charge on any atom is 0.240 e. The summed E-state index contributed by atoms with van der Waals surface area (Å²) in [5.41, 5.74) is 0. The number of rotatable bonds is 4. The van der Waals surface area contributed by atoms with Gasteiger partial charge in [0.05, 0.1) is 10.8 Å². The van der Waals surface area contributed by atoms with Crippen LogP contribution >= 0.6 is 12.4 Å². The van der Waals surface area contributed by atoms with Crippen LogP contribution in [0.3, 0.4) is 0 Å². The number of amides is 1. The smallest absolute Gasteiger partial charge is 0.240 e. The molecule has 6 nitrogen and oxygen atoms in total. The highest BCUT2D eigenvalue weighted by atomic mass is 35.5. The molecule has 0 saturated carbocycles. The fraction of sp³-hybridized carbons (Fsp3) is 0.533. The van der Waals surface area contributed by atoms with Gasteiger partial charge in [0.25, 0.3) is 0 Å². The summed E-state index contributed by atoms with van der Waals surface area (Å²) in [5.74, 6) is -0.243. The molecule has 3 rings (SSSR count). The summed E-state index contributed by atoms with van der Waals surface area (Å²) in [6.45, 7) is 2.59. The third-order valence-electron chi connectivity index (χ3n) is 4.38. The van der Waals surface area contributed by atoms with E-state index in [1.54, 1.807) is 0 Å². The Hall–Kier alpha value is -1.22. The Morgan fingerprint density at radius 1 is 1.17 bits per heavy atom. The standard InChI is InChI=1S/C15H20FN3O3S.ClH/c16-12-1-3-14(4-2-12)23(21,22)18-13-5-7-19(8-6-13)15(20)11-9-17-10-11;/h1-4,11,13,17-18H,5-10H2;1H. The molecule has 0 aromatic heterocycles. The minimum atomic E-state index is -3.65. The number of benzene rings is 1. The van der Waals surface area contributed by atoms with Crippen molar-refractivity contribution in [3.63, 3.8) is 0 Å². The van der Waals surface area contributed by atoms with E-state index >= 15 is 0 Å². The van der Waals surface area contributed by atoms with E-state index in [1.807, 2.05) is 4.90 Å². The van der Waals surface area contributed by atoms with Crippen LogP contribution in [-0.2, 0) is 14.8 Å². The van der Waals surface area contributed by atoms with Crippen molar-refractivity contribution in [2.45, 2.75) is 23.8 Å². The molecule has 1 amide bonds. The predicted molar refractivity (Wildman–Crippen MR) is 89.9 cm³/mol. The van der Waals surface area contributed by atoms with Crippen molar-refractivity contribution in [1.82, 2.24) is 14.9 Å². The molecule has 9 heteroatoms. The number of nitrogens with zero attached hydrogens (tertiary/aromatic N) is 1. The van der Waals surface area contributed by atoms with Gasteiger partial charge in [0, 0.05) is 32.2 Å². The molecule has 134 valence electrons. The van der Waals surface area contributed by atoms with E-state index in [1.165, 1.54) is 12.1 Å². The van der Waals surface area contributed by atoms with E-state index in [-0.39, 0.29) is 35.2 Å². The molecule has 0 spiro atoms. The maximum absolute atomic E-state index is 12.9. The van der Waals surface area contributed by atoms with Crippen molar-refractivity contribution < 1.29 is 17.6 Å². The van der Waals surface area contributed by atoms with Gasteiger partial charge in [0.2, 0.25) is 15.9 Å². The number of halogens is 2. The third kappa shape index (κ3) is 4.24. The van der Waals surface area contributed by atoms with Gasteiger partial charge in [-0.3, -0.25) is 4.79 Å². The zero-order chi connectivity index (χ0) is 16.4. The SMILES string of the molecule is Cl.O=C(C1CNC1)N1CCC(NS(=O)(=O)c2ccc(F)cc2)CC1. The van der Waals surface area contributed by atoms with Gasteiger partial charge in [-0.1, -0.05) is 0 Å². The molecule has 0 radical (unpaired) electrons. The van der Waals surface area contributed by atoms with Crippen LogP contribution < -0.4 is 10.0 Å². The number of likely N-dealkylation sites (tertiary alicyclic amines) is 1. The van der Waals surface area contributed by atoms with Gasteiger partial charge >= 0.3 is 0 Å². The first-order valence-corrected chi connectivity index (χ1v) is 9.21. The molecule has 1 aromatic carbocycles. The van der Waals surface area contributed by atoms with E-state index in [9.17, 15) is 17.6 Å². The van der Waals surface area contributed by atoms with Gasteiger partial charge in [-0.05, 0) is 37.1 Å². The lowest BCUT2D eigenvalue weighted by atomic mass is 9.99. The van der Waals surface area contributed by atoms with Crippen LogP contribution in [0.5, 0.6) is 0 Å². The summed E-state index contributed by atoms with van der Waals surface area (Å²) in [5, 5.41) is 3.08. The average molecular weight is 378 g/mol. The van der Waals surface area contributed by atoms with Crippen molar-refractivity contribution in [3.05, 3.63) is 30.1 Å². The topological polar surface area (TPSA) is 78.5 Å². The number of nitrogens with one attached hydrogen (secondary N) is 2. The molecular formula is C15H21ClFN3O3S. The number of hydrogen-bond acceptors (Lipinski definition) is 4. The number of carbonyl (C=O) groups is 1. The third-order valence-corrected chi connectivity index (χ3v) is 5.92. The Bertz CT molecular complexity index is 672. The van der Waals surface area contributed by atoms with Gasteiger partial charge in [-0.2, -0.15) is 0 Å². The molecule has 0 unspecified atom stereocenters. The first-order valence-electron chi connectivity index (χ1n) is 7.73. The molecule has 2 heterocycles. The van der Waals surface area contributed by atoms with Crippen LogP contribution in [-0.4, -0.2) is 51.4 Å². The van der Waals surface area contributed by atoms with E-state index in [2.05, 4.69) is 10.0 Å². The lowest BCUT2D eigenvalue weighted by Crippen LogP contribution is -2.55. The van der Waals surface area contributed by atoms with Crippen molar-refractivity contribution >= 4 is 28.3 Å². The highest BCUT2D eigenvalue weighted by Crippen LogP contribution is 2.18. The van der Waals surface area contributed by atoms with Crippen LogP contribution in [0.2, 0.25) is 0 Å². The first-order chi connectivity index (χ1) is 11.0. The average Bonchev–Trinajstić information content (AvgIpc) is 2.46. The zero-order valence-corrected chi connectivity index (χ0v) is 14.7. The quantitative estimate of drug-likeness (QED) is 0.811. The van der Waals surface area contributed by atoms with Crippen LogP contribution in [0.1, 0.15) is 12.8 Å². The minimum Gasteiger partial charge on any atom is -0.342 e. The van der Waals surface area contributed by atoms with Crippen molar-refractivity contribution in [2.75, 3.05) is 26.2 Å². The summed E-state index contributed by atoms with van der Waals surface area (Å²) in [4.78, 5) is 14.0. The van der Waals surface area contributed by atoms with Crippen LogP contribution in [0.25, 0.3) is 0 Å². The van der Waals surface area contributed by atoms with E-state index in [0.29, 0.717) is 25.9 Å². The molecule has 1 aromatic rings. The second kappa shape index (κ2) is 7.77. The fourth-order valence-electron chi connectivity index (χ4n) is 2.84.